The molecule has 0 saturated carbocycles. The van der Waals surface area contributed by atoms with Gasteiger partial charge in [0.1, 0.15) is 11.6 Å². The smallest absolute Gasteiger partial charge is 0.311 e. The molecule has 0 bridgehead atoms. The van der Waals surface area contributed by atoms with E-state index in [1.165, 1.54) is 24.3 Å². The fraction of sp³-hybridized carbons (Fsp3) is 0.385. The SMILES string of the molecule is CCCCN1C(=O)CCC(C(=O)OCc2nc(-c3ccc(F)cc3)no2)C1c1ccccc1OC. The van der Waals surface area contributed by atoms with Crippen molar-refractivity contribution in [3.63, 3.8) is 0 Å². The summed E-state index contributed by atoms with van der Waals surface area (Å²) in [5, 5.41) is 3.88. The van der Waals surface area contributed by atoms with Gasteiger partial charge in [-0.25, -0.2) is 4.39 Å². The van der Waals surface area contributed by atoms with Gasteiger partial charge in [0.2, 0.25) is 11.7 Å². The molecule has 2 aromatic carbocycles. The van der Waals surface area contributed by atoms with Gasteiger partial charge in [0.25, 0.3) is 5.89 Å². The van der Waals surface area contributed by atoms with Crippen molar-refractivity contribution >= 4 is 11.9 Å². The lowest BCUT2D eigenvalue weighted by molar-refractivity contribution is -0.159. The zero-order chi connectivity index (χ0) is 24.8. The normalized spacial score (nSPS) is 17.9. The molecular formula is C26H28FN3O5. The van der Waals surface area contributed by atoms with E-state index in [-0.39, 0.29) is 36.5 Å². The summed E-state index contributed by atoms with van der Waals surface area (Å²) in [7, 11) is 1.57. The van der Waals surface area contributed by atoms with Crippen LogP contribution >= 0.6 is 0 Å². The van der Waals surface area contributed by atoms with Crippen LogP contribution in [0.5, 0.6) is 5.75 Å². The van der Waals surface area contributed by atoms with E-state index >= 15 is 0 Å². The molecule has 0 spiro atoms. The van der Waals surface area contributed by atoms with Gasteiger partial charge < -0.3 is 18.9 Å². The number of esters is 1. The standard InChI is InChI=1S/C26H28FN3O5/c1-3-4-15-30-23(31)14-13-20(24(30)19-7-5-6-8-21(19)33-2)26(32)34-16-22-28-25(29-35-22)17-9-11-18(27)12-10-17/h5-12,20,24H,3-4,13-16H2,1-2H3. The number of ether oxygens (including phenoxy) is 2. The number of likely N-dealkylation sites (tertiary alicyclic amines) is 1. The van der Waals surface area contributed by atoms with Crippen LogP contribution in [0.15, 0.2) is 53.1 Å². The molecule has 0 N–H and O–H groups in total. The van der Waals surface area contributed by atoms with Gasteiger partial charge in [0.05, 0.1) is 19.1 Å². The van der Waals surface area contributed by atoms with Gasteiger partial charge >= 0.3 is 5.97 Å². The van der Waals surface area contributed by atoms with Crippen molar-refractivity contribution in [2.45, 2.75) is 45.3 Å². The molecule has 3 aromatic rings. The molecule has 35 heavy (non-hydrogen) atoms. The van der Waals surface area contributed by atoms with Crippen LogP contribution in [0.25, 0.3) is 11.4 Å². The second-order valence-electron chi connectivity index (χ2n) is 8.40. The van der Waals surface area contributed by atoms with E-state index in [0.29, 0.717) is 24.3 Å². The number of carbonyl (C=O) groups excluding carboxylic acids is 2. The van der Waals surface area contributed by atoms with Crippen molar-refractivity contribution in [2.75, 3.05) is 13.7 Å². The number of amides is 1. The summed E-state index contributed by atoms with van der Waals surface area (Å²) in [6.45, 7) is 2.40. The van der Waals surface area contributed by atoms with E-state index in [1.54, 1.807) is 12.0 Å². The maximum absolute atomic E-state index is 13.3. The van der Waals surface area contributed by atoms with Crippen LogP contribution in [0, 0.1) is 11.7 Å². The summed E-state index contributed by atoms with van der Waals surface area (Å²) < 4.78 is 29.5. The lowest BCUT2D eigenvalue weighted by atomic mass is 9.83. The number of piperidine rings is 1. The first-order valence-corrected chi connectivity index (χ1v) is 11.7. The van der Waals surface area contributed by atoms with Gasteiger partial charge in [0.15, 0.2) is 6.61 Å². The maximum atomic E-state index is 13.3. The zero-order valence-electron chi connectivity index (χ0n) is 19.8. The molecule has 0 radical (unpaired) electrons. The molecule has 1 aromatic heterocycles. The molecule has 9 heteroatoms. The molecule has 1 saturated heterocycles. The Hall–Kier alpha value is -3.75. The van der Waals surface area contributed by atoms with Crippen molar-refractivity contribution in [1.29, 1.82) is 0 Å². The van der Waals surface area contributed by atoms with E-state index in [4.69, 9.17) is 14.0 Å². The Bertz CT molecular complexity index is 1160. The maximum Gasteiger partial charge on any atom is 0.311 e. The summed E-state index contributed by atoms with van der Waals surface area (Å²) in [5.74, 6) is -0.350. The van der Waals surface area contributed by atoms with Gasteiger partial charge in [0, 0.05) is 24.1 Å². The molecule has 2 atom stereocenters. The highest BCUT2D eigenvalue weighted by Crippen LogP contribution is 2.41. The molecular weight excluding hydrogens is 453 g/mol. The van der Waals surface area contributed by atoms with Crippen molar-refractivity contribution in [2.24, 2.45) is 5.92 Å². The largest absolute Gasteiger partial charge is 0.496 e. The third kappa shape index (κ3) is 5.50. The van der Waals surface area contributed by atoms with Crippen molar-refractivity contribution in [1.82, 2.24) is 15.0 Å². The number of carbonyl (C=O) groups is 2. The highest BCUT2D eigenvalue weighted by molar-refractivity contribution is 5.82. The van der Waals surface area contributed by atoms with Crippen molar-refractivity contribution in [3.05, 3.63) is 65.8 Å². The quantitative estimate of drug-likeness (QED) is 0.409. The summed E-state index contributed by atoms with van der Waals surface area (Å²) in [6, 6.07) is 12.6. The predicted molar refractivity (Wildman–Crippen MR) is 125 cm³/mol. The summed E-state index contributed by atoms with van der Waals surface area (Å²) >= 11 is 0. The van der Waals surface area contributed by atoms with E-state index < -0.39 is 17.9 Å². The first kappa shape index (κ1) is 24.4. The lowest BCUT2D eigenvalue weighted by Gasteiger charge is -2.40. The van der Waals surface area contributed by atoms with Gasteiger partial charge in [-0.1, -0.05) is 36.7 Å². The van der Waals surface area contributed by atoms with Crippen LogP contribution in [0.1, 0.15) is 50.1 Å². The van der Waals surface area contributed by atoms with Crippen LogP contribution in [0.3, 0.4) is 0 Å². The number of nitrogens with zero attached hydrogens (tertiary/aromatic N) is 3. The Labute approximate surface area is 203 Å². The van der Waals surface area contributed by atoms with Gasteiger partial charge in [-0.15, -0.1) is 0 Å². The van der Waals surface area contributed by atoms with Crippen LogP contribution < -0.4 is 4.74 Å². The van der Waals surface area contributed by atoms with Crippen LogP contribution in [0.4, 0.5) is 4.39 Å². The highest BCUT2D eigenvalue weighted by Gasteiger charge is 2.42. The Morgan fingerprint density at radius 3 is 2.71 bits per heavy atom. The fourth-order valence-electron chi connectivity index (χ4n) is 4.36. The molecule has 0 aliphatic carbocycles. The number of unbranched alkanes of at least 4 members (excludes halogenated alkanes) is 1. The minimum atomic E-state index is -0.569. The third-order valence-electron chi connectivity index (χ3n) is 6.13. The van der Waals surface area contributed by atoms with Crippen molar-refractivity contribution < 1.29 is 28.0 Å². The first-order chi connectivity index (χ1) is 17.0. The Morgan fingerprint density at radius 1 is 1.20 bits per heavy atom. The van der Waals surface area contributed by atoms with Gasteiger partial charge in [-0.05, 0) is 43.2 Å². The topological polar surface area (TPSA) is 94.8 Å². The number of para-hydroxylation sites is 1. The molecule has 8 nitrogen and oxygen atoms in total. The van der Waals surface area contributed by atoms with Crippen LogP contribution in [0.2, 0.25) is 0 Å². The Kier molecular flexibility index (Phi) is 7.74. The average Bonchev–Trinajstić information content (AvgIpc) is 3.36. The second kappa shape index (κ2) is 11.1. The molecule has 184 valence electrons. The predicted octanol–water partition coefficient (Wildman–Crippen LogP) is 4.71. The number of benzene rings is 2. The molecule has 1 aliphatic heterocycles. The summed E-state index contributed by atoms with van der Waals surface area (Å²) in [4.78, 5) is 32.1. The minimum absolute atomic E-state index is 0.0132. The van der Waals surface area contributed by atoms with E-state index in [0.717, 1.165) is 18.4 Å². The number of rotatable bonds is 9. The monoisotopic (exact) mass is 481 g/mol. The highest BCUT2D eigenvalue weighted by atomic mass is 19.1. The number of hydrogen-bond donors (Lipinski definition) is 0. The average molecular weight is 482 g/mol. The van der Waals surface area contributed by atoms with E-state index in [2.05, 4.69) is 17.1 Å². The zero-order valence-corrected chi connectivity index (χ0v) is 19.8. The fourth-order valence-corrected chi connectivity index (χ4v) is 4.36. The second-order valence-corrected chi connectivity index (χ2v) is 8.40. The van der Waals surface area contributed by atoms with Crippen molar-refractivity contribution in [3.8, 4) is 17.1 Å². The van der Waals surface area contributed by atoms with Gasteiger partial charge in [-0.2, -0.15) is 4.98 Å². The Morgan fingerprint density at radius 2 is 1.97 bits per heavy atom. The Balaban J connectivity index is 1.53. The molecule has 1 amide bonds. The molecule has 1 aliphatic rings. The van der Waals surface area contributed by atoms with E-state index in [9.17, 15) is 14.0 Å². The number of hydrogen-bond acceptors (Lipinski definition) is 7. The number of halogens is 1. The third-order valence-corrected chi connectivity index (χ3v) is 6.13. The molecule has 1 fully saturated rings. The minimum Gasteiger partial charge on any atom is -0.496 e. The molecule has 2 heterocycles. The van der Waals surface area contributed by atoms with E-state index in [1.807, 2.05) is 24.3 Å². The molecule has 4 rings (SSSR count). The lowest BCUT2D eigenvalue weighted by Crippen LogP contribution is -2.46. The van der Waals surface area contributed by atoms with Crippen LogP contribution in [-0.4, -0.2) is 40.6 Å². The molecule has 2 unspecified atom stereocenters. The van der Waals surface area contributed by atoms with Crippen LogP contribution in [-0.2, 0) is 20.9 Å². The summed E-state index contributed by atoms with van der Waals surface area (Å²) in [5.41, 5.74) is 1.36. The number of aromatic nitrogens is 2. The first-order valence-electron chi connectivity index (χ1n) is 11.7. The summed E-state index contributed by atoms with van der Waals surface area (Å²) in [6.07, 6.45) is 2.39. The number of methoxy groups -OCH3 is 1. The van der Waals surface area contributed by atoms with Gasteiger partial charge in [-0.3, -0.25) is 9.59 Å².